The first-order valence-corrected chi connectivity index (χ1v) is 8.06. The fourth-order valence-electron chi connectivity index (χ4n) is 2.16. The molecule has 0 unspecified atom stereocenters. The second-order valence-electron chi connectivity index (χ2n) is 5.29. The Bertz CT molecular complexity index is 1050. The fraction of sp³-hybridized carbons (Fsp3) is 0.417. The van der Waals surface area contributed by atoms with Crippen molar-refractivity contribution in [2.45, 2.75) is 24.4 Å². The summed E-state index contributed by atoms with van der Waals surface area (Å²) in [6, 6.07) is 0.795. The lowest BCUT2D eigenvalue weighted by Gasteiger charge is -2.12. The van der Waals surface area contributed by atoms with E-state index in [4.69, 9.17) is 0 Å². The first-order valence-electron chi connectivity index (χ1n) is 6.65. The highest BCUT2D eigenvalue weighted by atomic mass is 32.2. The molecular weight excluding hydrogens is 355 g/mol. The molecule has 0 saturated heterocycles. The van der Waals surface area contributed by atoms with E-state index in [1.54, 1.807) is 0 Å². The monoisotopic (exact) mass is 365 g/mol. The number of alkyl halides is 3. The standard InChI is InChI=1S/C12H10F3N3O5S/c1-17-11(20)7-4-9(19)18(6-2-3-6)5-8(7)10(16-17)23-24(21,22)12(13,14)15/h4-6H,2-3H2,1H3. The summed E-state index contributed by atoms with van der Waals surface area (Å²) >= 11 is 0. The van der Waals surface area contributed by atoms with E-state index in [9.17, 15) is 31.2 Å². The van der Waals surface area contributed by atoms with E-state index in [0.717, 1.165) is 19.3 Å². The summed E-state index contributed by atoms with van der Waals surface area (Å²) in [5.74, 6) is -0.918. The molecule has 0 amide bonds. The van der Waals surface area contributed by atoms with Gasteiger partial charge in [-0.3, -0.25) is 9.59 Å². The van der Waals surface area contributed by atoms with Crippen LogP contribution in [-0.4, -0.2) is 28.3 Å². The molecule has 0 N–H and O–H groups in total. The van der Waals surface area contributed by atoms with Gasteiger partial charge in [-0.25, -0.2) is 4.68 Å². The summed E-state index contributed by atoms with van der Waals surface area (Å²) in [6.45, 7) is 0. The van der Waals surface area contributed by atoms with Gasteiger partial charge in [0.2, 0.25) is 0 Å². The lowest BCUT2D eigenvalue weighted by molar-refractivity contribution is -0.0501. The zero-order chi connectivity index (χ0) is 17.9. The molecule has 8 nitrogen and oxygen atoms in total. The first kappa shape index (κ1) is 16.5. The van der Waals surface area contributed by atoms with Gasteiger partial charge in [0.05, 0.1) is 10.8 Å². The first-order chi connectivity index (χ1) is 11.0. The van der Waals surface area contributed by atoms with Crippen molar-refractivity contribution < 1.29 is 25.8 Å². The van der Waals surface area contributed by atoms with Crippen molar-refractivity contribution in [3.05, 3.63) is 33.0 Å². The van der Waals surface area contributed by atoms with Gasteiger partial charge in [-0.05, 0) is 12.8 Å². The number of pyridine rings is 1. The van der Waals surface area contributed by atoms with Gasteiger partial charge < -0.3 is 8.75 Å². The largest absolute Gasteiger partial charge is 0.534 e. The normalized spacial score (nSPS) is 15.7. The molecule has 0 bridgehead atoms. The molecule has 12 heteroatoms. The van der Waals surface area contributed by atoms with E-state index in [0.29, 0.717) is 17.5 Å². The van der Waals surface area contributed by atoms with E-state index in [-0.39, 0.29) is 16.8 Å². The van der Waals surface area contributed by atoms with E-state index < -0.39 is 32.6 Å². The molecule has 130 valence electrons. The average molecular weight is 365 g/mol. The van der Waals surface area contributed by atoms with Crippen LogP contribution in [0.5, 0.6) is 5.88 Å². The van der Waals surface area contributed by atoms with Crippen LogP contribution in [0.15, 0.2) is 21.9 Å². The second kappa shape index (κ2) is 5.06. The number of aryl methyl sites for hydroxylation is 1. The summed E-state index contributed by atoms with van der Waals surface area (Å²) in [4.78, 5) is 24.0. The van der Waals surface area contributed by atoms with E-state index in [1.807, 2.05) is 0 Å². The zero-order valence-corrected chi connectivity index (χ0v) is 12.9. The summed E-state index contributed by atoms with van der Waals surface area (Å²) in [5.41, 5.74) is -6.93. The Morgan fingerprint density at radius 2 is 1.88 bits per heavy atom. The van der Waals surface area contributed by atoms with Crippen molar-refractivity contribution in [2.75, 3.05) is 0 Å². The molecule has 2 aromatic heterocycles. The molecule has 0 radical (unpaired) electrons. The van der Waals surface area contributed by atoms with Crippen molar-refractivity contribution in [2.24, 2.45) is 7.05 Å². The van der Waals surface area contributed by atoms with Crippen LogP contribution in [0.2, 0.25) is 0 Å². The van der Waals surface area contributed by atoms with Gasteiger partial charge in [0, 0.05) is 25.4 Å². The van der Waals surface area contributed by atoms with Crippen LogP contribution < -0.4 is 15.3 Å². The van der Waals surface area contributed by atoms with E-state index in [2.05, 4.69) is 9.28 Å². The number of aromatic nitrogens is 3. The van der Waals surface area contributed by atoms with Crippen molar-refractivity contribution in [1.82, 2.24) is 14.3 Å². The molecule has 1 fully saturated rings. The van der Waals surface area contributed by atoms with Crippen LogP contribution in [0.4, 0.5) is 13.2 Å². The van der Waals surface area contributed by atoms with E-state index in [1.165, 1.54) is 4.57 Å². The van der Waals surface area contributed by atoms with Crippen molar-refractivity contribution in [3.8, 4) is 5.88 Å². The number of hydrogen-bond donors (Lipinski definition) is 0. The molecule has 3 rings (SSSR count). The minimum absolute atomic E-state index is 0.141. The smallest absolute Gasteiger partial charge is 0.353 e. The third-order valence-electron chi connectivity index (χ3n) is 3.49. The minimum Gasteiger partial charge on any atom is -0.353 e. The van der Waals surface area contributed by atoms with Gasteiger partial charge in [-0.15, -0.1) is 5.10 Å². The SMILES string of the molecule is Cn1nc(OS(=O)(=O)C(F)(F)F)c2cn(C3CC3)c(=O)cc2c1=O. The number of halogens is 3. The molecule has 1 saturated carbocycles. The Morgan fingerprint density at radius 3 is 2.42 bits per heavy atom. The molecule has 0 aromatic carbocycles. The molecule has 2 aromatic rings. The topological polar surface area (TPSA) is 100 Å². The van der Waals surface area contributed by atoms with E-state index >= 15 is 0 Å². The van der Waals surface area contributed by atoms with Gasteiger partial charge in [0.15, 0.2) is 0 Å². The summed E-state index contributed by atoms with van der Waals surface area (Å²) in [6.07, 6.45) is 2.49. The Kier molecular flexibility index (Phi) is 3.48. The summed E-state index contributed by atoms with van der Waals surface area (Å²) < 4.78 is 65.9. The second-order valence-corrected chi connectivity index (χ2v) is 6.83. The van der Waals surface area contributed by atoms with Gasteiger partial charge in [-0.2, -0.15) is 21.6 Å². The zero-order valence-electron chi connectivity index (χ0n) is 12.1. The maximum atomic E-state index is 12.5. The summed E-state index contributed by atoms with van der Waals surface area (Å²) in [5, 5.41) is 2.88. The van der Waals surface area contributed by atoms with Gasteiger partial charge in [0.1, 0.15) is 0 Å². The fourth-order valence-corrected chi connectivity index (χ4v) is 2.58. The molecule has 1 aliphatic carbocycles. The number of fused-ring (bicyclic) bond motifs is 1. The quantitative estimate of drug-likeness (QED) is 0.585. The third kappa shape index (κ3) is 2.66. The molecule has 1 aliphatic rings. The Hall–Kier alpha value is -2.37. The molecular formula is C12H10F3N3O5S. The lowest BCUT2D eigenvalue weighted by Crippen LogP contribution is -2.30. The third-order valence-corrected chi connectivity index (χ3v) is 4.43. The lowest BCUT2D eigenvalue weighted by atomic mass is 10.2. The van der Waals surface area contributed by atoms with Crippen LogP contribution >= 0.6 is 0 Å². The van der Waals surface area contributed by atoms with Crippen LogP contribution in [0.25, 0.3) is 10.8 Å². The molecule has 0 spiro atoms. The highest BCUT2D eigenvalue weighted by Crippen LogP contribution is 2.35. The number of hydrogen-bond acceptors (Lipinski definition) is 6. The minimum atomic E-state index is -5.96. The maximum absolute atomic E-state index is 12.5. The van der Waals surface area contributed by atoms with Gasteiger partial charge >= 0.3 is 15.6 Å². The van der Waals surface area contributed by atoms with Crippen molar-refractivity contribution >= 4 is 20.9 Å². The maximum Gasteiger partial charge on any atom is 0.534 e. The van der Waals surface area contributed by atoms with Crippen molar-refractivity contribution in [3.63, 3.8) is 0 Å². The van der Waals surface area contributed by atoms with Crippen molar-refractivity contribution in [1.29, 1.82) is 0 Å². The molecule has 2 heterocycles. The molecule has 0 aliphatic heterocycles. The van der Waals surface area contributed by atoms with Crippen LogP contribution in [-0.2, 0) is 17.2 Å². The predicted octanol–water partition coefficient (Wildman–Crippen LogP) is 0.658. The Morgan fingerprint density at radius 1 is 1.25 bits per heavy atom. The Labute approximate surface area is 132 Å². The molecule has 24 heavy (non-hydrogen) atoms. The van der Waals surface area contributed by atoms with Crippen LogP contribution in [0, 0.1) is 0 Å². The van der Waals surface area contributed by atoms with Gasteiger partial charge in [0.25, 0.3) is 17.0 Å². The summed E-state index contributed by atoms with van der Waals surface area (Å²) in [7, 11) is -4.87. The van der Waals surface area contributed by atoms with Crippen LogP contribution in [0.3, 0.4) is 0 Å². The Balaban J connectivity index is 2.28. The van der Waals surface area contributed by atoms with Crippen LogP contribution in [0.1, 0.15) is 18.9 Å². The van der Waals surface area contributed by atoms with Gasteiger partial charge in [-0.1, -0.05) is 0 Å². The predicted molar refractivity (Wildman–Crippen MR) is 75.1 cm³/mol. The highest BCUT2D eigenvalue weighted by molar-refractivity contribution is 7.88. The highest BCUT2D eigenvalue weighted by Gasteiger charge is 2.49. The number of nitrogens with zero attached hydrogens (tertiary/aromatic N) is 3. The number of rotatable bonds is 3. The molecule has 0 atom stereocenters. The average Bonchev–Trinajstić information content (AvgIpc) is 3.27.